The van der Waals surface area contributed by atoms with Crippen LogP contribution < -0.4 is 20.0 Å². The van der Waals surface area contributed by atoms with Crippen LogP contribution in [-0.4, -0.2) is 58.2 Å². The molecule has 0 aliphatic carbocycles. The molecule has 2 aromatic carbocycles. The first-order chi connectivity index (χ1) is 19.0. The van der Waals surface area contributed by atoms with Crippen LogP contribution in [0.5, 0.6) is 5.75 Å². The van der Waals surface area contributed by atoms with E-state index in [0.29, 0.717) is 23.6 Å². The molecule has 2 saturated heterocycles. The number of esters is 1. The first-order valence-electron chi connectivity index (χ1n) is 13.2. The van der Waals surface area contributed by atoms with E-state index in [-0.39, 0.29) is 11.3 Å². The SMILES string of the molecule is O=C(Oc1ccc(/C=N\Nc2nc(N3CCCCC3)nc(N3CCCCC3)n2)cc1)c1cccc([N+](=O)[O-])c1. The number of hydrazone groups is 1. The Morgan fingerprint density at radius 3 is 2.10 bits per heavy atom. The number of anilines is 3. The van der Waals surface area contributed by atoms with E-state index in [0.717, 1.165) is 57.4 Å². The lowest BCUT2D eigenvalue weighted by Gasteiger charge is -2.30. The van der Waals surface area contributed by atoms with Crippen molar-refractivity contribution < 1.29 is 14.5 Å². The minimum atomic E-state index is -0.675. The van der Waals surface area contributed by atoms with Gasteiger partial charge in [0.05, 0.1) is 16.7 Å². The summed E-state index contributed by atoms with van der Waals surface area (Å²) in [5.74, 6) is 1.39. The number of ether oxygens (including phenoxy) is 1. The molecule has 1 aromatic heterocycles. The van der Waals surface area contributed by atoms with Crippen LogP contribution >= 0.6 is 0 Å². The summed E-state index contributed by atoms with van der Waals surface area (Å²) in [7, 11) is 0. The highest BCUT2D eigenvalue weighted by Gasteiger charge is 2.20. The van der Waals surface area contributed by atoms with E-state index in [1.165, 1.54) is 37.1 Å². The van der Waals surface area contributed by atoms with Crippen molar-refractivity contribution in [1.29, 1.82) is 0 Å². The average Bonchev–Trinajstić information content (AvgIpc) is 2.99. The molecule has 0 amide bonds. The van der Waals surface area contributed by atoms with Gasteiger partial charge in [-0.3, -0.25) is 10.1 Å². The Kier molecular flexibility index (Phi) is 8.20. The van der Waals surface area contributed by atoms with Crippen LogP contribution in [0.25, 0.3) is 0 Å². The van der Waals surface area contributed by atoms with Gasteiger partial charge in [-0.2, -0.15) is 20.1 Å². The lowest BCUT2D eigenvalue weighted by Crippen LogP contribution is -2.34. The number of piperidine rings is 2. The number of hydrogen-bond acceptors (Lipinski definition) is 11. The standard InChI is InChI=1S/C27H30N8O4/c36-24(21-8-7-9-22(18-21)35(37)38)39-23-12-10-20(11-13-23)19-28-32-25-29-26(33-14-3-1-4-15-33)31-27(30-25)34-16-5-2-6-17-34/h7-13,18-19H,1-6,14-17H2,(H,29,30,31,32)/b28-19-. The highest BCUT2D eigenvalue weighted by atomic mass is 16.6. The molecule has 0 bridgehead atoms. The summed E-state index contributed by atoms with van der Waals surface area (Å²) in [5, 5.41) is 15.3. The zero-order valence-electron chi connectivity index (χ0n) is 21.5. The number of nitrogens with zero attached hydrogens (tertiary/aromatic N) is 7. The molecule has 1 N–H and O–H groups in total. The smallest absolute Gasteiger partial charge is 0.343 e. The van der Waals surface area contributed by atoms with Crippen LogP contribution in [0.3, 0.4) is 0 Å². The number of nitro groups is 1. The normalized spacial score (nSPS) is 15.8. The lowest BCUT2D eigenvalue weighted by molar-refractivity contribution is -0.384. The highest BCUT2D eigenvalue weighted by molar-refractivity contribution is 5.91. The number of benzene rings is 2. The first-order valence-corrected chi connectivity index (χ1v) is 13.2. The molecule has 2 fully saturated rings. The van der Waals surface area contributed by atoms with E-state index in [9.17, 15) is 14.9 Å². The monoisotopic (exact) mass is 530 g/mol. The zero-order valence-corrected chi connectivity index (χ0v) is 21.5. The Morgan fingerprint density at radius 1 is 0.897 bits per heavy atom. The molecule has 3 heterocycles. The first kappa shape index (κ1) is 26.0. The van der Waals surface area contributed by atoms with Crippen LogP contribution in [0.4, 0.5) is 23.5 Å². The Hall–Kier alpha value is -4.61. The largest absolute Gasteiger partial charge is 0.423 e. The van der Waals surface area contributed by atoms with E-state index in [2.05, 4.69) is 30.3 Å². The van der Waals surface area contributed by atoms with E-state index in [1.807, 2.05) is 0 Å². The zero-order chi connectivity index (χ0) is 27.0. The molecule has 12 nitrogen and oxygen atoms in total. The molecule has 0 unspecified atom stereocenters. The third kappa shape index (κ3) is 6.83. The summed E-state index contributed by atoms with van der Waals surface area (Å²) in [4.78, 5) is 41.2. The number of non-ortho nitro benzene ring substituents is 1. The van der Waals surface area contributed by atoms with Crippen molar-refractivity contribution in [2.75, 3.05) is 41.4 Å². The summed E-state index contributed by atoms with van der Waals surface area (Å²) in [6, 6.07) is 12.2. The van der Waals surface area contributed by atoms with Crippen LogP contribution in [0.1, 0.15) is 54.4 Å². The van der Waals surface area contributed by atoms with Gasteiger partial charge in [-0.25, -0.2) is 10.2 Å². The Balaban J connectivity index is 1.24. The third-order valence-corrected chi connectivity index (χ3v) is 6.65. The minimum Gasteiger partial charge on any atom is -0.423 e. The van der Waals surface area contributed by atoms with Gasteiger partial charge in [-0.1, -0.05) is 6.07 Å². The second-order valence-electron chi connectivity index (χ2n) is 9.49. The molecule has 202 valence electrons. The third-order valence-electron chi connectivity index (χ3n) is 6.65. The number of rotatable bonds is 8. The molecule has 2 aliphatic rings. The molecular formula is C27H30N8O4. The minimum absolute atomic E-state index is 0.101. The number of carbonyl (C=O) groups excluding carboxylic acids is 1. The van der Waals surface area contributed by atoms with Gasteiger partial charge >= 0.3 is 5.97 Å². The van der Waals surface area contributed by atoms with Crippen LogP contribution in [0.2, 0.25) is 0 Å². The van der Waals surface area contributed by atoms with Crippen molar-refractivity contribution in [3.63, 3.8) is 0 Å². The summed E-state index contributed by atoms with van der Waals surface area (Å²) in [6.45, 7) is 3.74. The molecule has 0 atom stereocenters. The number of nitrogens with one attached hydrogen (secondary N) is 1. The quantitative estimate of drug-likeness (QED) is 0.146. The van der Waals surface area contributed by atoms with Gasteiger partial charge in [0.15, 0.2) is 0 Å². The maximum atomic E-state index is 12.4. The molecule has 3 aromatic rings. The number of aromatic nitrogens is 3. The number of carbonyl (C=O) groups is 1. The number of nitro benzene ring substituents is 1. The van der Waals surface area contributed by atoms with Gasteiger partial charge in [0.1, 0.15) is 5.75 Å². The predicted octanol–water partition coefficient (Wildman–Crippen LogP) is 4.43. The van der Waals surface area contributed by atoms with Gasteiger partial charge < -0.3 is 14.5 Å². The fraction of sp³-hybridized carbons (Fsp3) is 0.370. The fourth-order valence-electron chi connectivity index (χ4n) is 4.57. The van der Waals surface area contributed by atoms with E-state index >= 15 is 0 Å². The van der Waals surface area contributed by atoms with Crippen molar-refractivity contribution in [3.8, 4) is 5.75 Å². The van der Waals surface area contributed by atoms with E-state index in [1.54, 1.807) is 30.5 Å². The van der Waals surface area contributed by atoms with Gasteiger partial charge in [-0.15, -0.1) is 0 Å². The molecule has 39 heavy (non-hydrogen) atoms. The van der Waals surface area contributed by atoms with Gasteiger partial charge in [-0.05, 0) is 74.4 Å². The molecule has 5 rings (SSSR count). The molecule has 12 heteroatoms. The van der Waals surface area contributed by atoms with Crippen LogP contribution in [0, 0.1) is 10.1 Å². The van der Waals surface area contributed by atoms with Crippen molar-refractivity contribution in [2.24, 2.45) is 5.10 Å². The summed E-state index contributed by atoms with van der Waals surface area (Å²) in [5.41, 5.74) is 3.64. The Bertz CT molecular complexity index is 1300. The molecule has 2 aliphatic heterocycles. The topological polar surface area (TPSA) is 139 Å². The summed E-state index contributed by atoms with van der Waals surface area (Å²) < 4.78 is 5.35. The van der Waals surface area contributed by atoms with Gasteiger partial charge in [0.25, 0.3) is 5.69 Å². The fourth-order valence-corrected chi connectivity index (χ4v) is 4.57. The van der Waals surface area contributed by atoms with Crippen molar-refractivity contribution in [2.45, 2.75) is 38.5 Å². The predicted molar refractivity (Wildman–Crippen MR) is 148 cm³/mol. The molecule has 0 spiro atoms. The van der Waals surface area contributed by atoms with E-state index in [4.69, 9.17) is 9.72 Å². The van der Waals surface area contributed by atoms with Crippen molar-refractivity contribution in [3.05, 3.63) is 69.8 Å². The Morgan fingerprint density at radius 2 is 1.51 bits per heavy atom. The molecular weight excluding hydrogens is 500 g/mol. The van der Waals surface area contributed by atoms with Gasteiger partial charge in [0.2, 0.25) is 17.8 Å². The van der Waals surface area contributed by atoms with Crippen LogP contribution in [0.15, 0.2) is 53.6 Å². The Labute approximate surface area is 225 Å². The second kappa shape index (κ2) is 12.3. The van der Waals surface area contributed by atoms with Crippen molar-refractivity contribution >= 4 is 35.7 Å². The number of hydrogen-bond donors (Lipinski definition) is 1. The maximum Gasteiger partial charge on any atom is 0.343 e. The molecule has 0 saturated carbocycles. The maximum absolute atomic E-state index is 12.4. The summed E-state index contributed by atoms with van der Waals surface area (Å²) in [6.07, 6.45) is 8.58. The van der Waals surface area contributed by atoms with E-state index < -0.39 is 10.9 Å². The van der Waals surface area contributed by atoms with Crippen molar-refractivity contribution in [1.82, 2.24) is 15.0 Å². The highest BCUT2D eigenvalue weighted by Crippen LogP contribution is 2.23. The average molecular weight is 531 g/mol. The summed E-state index contributed by atoms with van der Waals surface area (Å²) >= 11 is 0. The second-order valence-corrected chi connectivity index (χ2v) is 9.49. The molecule has 0 radical (unpaired) electrons. The lowest BCUT2D eigenvalue weighted by atomic mass is 10.1. The van der Waals surface area contributed by atoms with Gasteiger partial charge in [0, 0.05) is 38.3 Å². The van der Waals surface area contributed by atoms with Crippen LogP contribution in [-0.2, 0) is 0 Å².